The number of nitrogens with one attached hydrogen (secondary N) is 2. The van der Waals surface area contributed by atoms with Gasteiger partial charge in [0.1, 0.15) is 0 Å². The molecule has 2 aromatic rings. The summed E-state index contributed by atoms with van der Waals surface area (Å²) in [6.07, 6.45) is 1.96. The average molecular weight is 417 g/mol. The van der Waals surface area contributed by atoms with Crippen LogP contribution >= 0.6 is 0 Å². The van der Waals surface area contributed by atoms with Crippen LogP contribution in [0.2, 0.25) is 0 Å². The van der Waals surface area contributed by atoms with E-state index in [1.165, 1.54) is 43.9 Å². The van der Waals surface area contributed by atoms with Gasteiger partial charge in [0, 0.05) is 31.9 Å². The first-order valence-corrected chi connectivity index (χ1v) is 10.7. The van der Waals surface area contributed by atoms with Gasteiger partial charge in [-0.15, -0.1) is 0 Å². The summed E-state index contributed by atoms with van der Waals surface area (Å²) < 4.78 is 25.2. The highest BCUT2D eigenvalue weighted by atomic mass is 32.2. The molecule has 0 fully saturated rings. The molecule has 0 radical (unpaired) electrons. The third kappa shape index (κ3) is 4.75. The van der Waals surface area contributed by atoms with Crippen LogP contribution in [0.25, 0.3) is 0 Å². The molecular formula is C20H24N4O4S. The number of carbonyl (C=O) groups excluding carboxylic acids is 2. The predicted octanol–water partition coefficient (Wildman–Crippen LogP) is 1.15. The fourth-order valence-corrected chi connectivity index (χ4v) is 4.08. The van der Waals surface area contributed by atoms with E-state index >= 15 is 0 Å². The van der Waals surface area contributed by atoms with Gasteiger partial charge in [-0.3, -0.25) is 20.4 Å². The SMILES string of the molecule is CN(C)S(=O)(=O)c1ccc(C(=O)NNC(=O)CN2CCCc3ccccc32)cc1. The van der Waals surface area contributed by atoms with Crippen LogP contribution < -0.4 is 15.8 Å². The van der Waals surface area contributed by atoms with Crippen LogP contribution in [0.4, 0.5) is 5.69 Å². The number of amides is 2. The molecule has 0 atom stereocenters. The van der Waals surface area contributed by atoms with Gasteiger partial charge in [0.05, 0.1) is 11.4 Å². The number of fused-ring (bicyclic) bond motifs is 1. The van der Waals surface area contributed by atoms with Crippen molar-refractivity contribution in [3.63, 3.8) is 0 Å². The summed E-state index contributed by atoms with van der Waals surface area (Å²) in [4.78, 5) is 26.6. The molecule has 154 valence electrons. The lowest BCUT2D eigenvalue weighted by molar-refractivity contribution is -0.120. The Hall–Kier alpha value is -2.91. The Labute approximate surface area is 170 Å². The van der Waals surface area contributed by atoms with Gasteiger partial charge in [-0.25, -0.2) is 12.7 Å². The van der Waals surface area contributed by atoms with Gasteiger partial charge in [0.2, 0.25) is 10.0 Å². The van der Waals surface area contributed by atoms with Crippen LogP contribution in [0.3, 0.4) is 0 Å². The van der Waals surface area contributed by atoms with Gasteiger partial charge in [0.15, 0.2) is 0 Å². The van der Waals surface area contributed by atoms with Crippen LogP contribution in [0.15, 0.2) is 53.4 Å². The Balaban J connectivity index is 1.56. The van der Waals surface area contributed by atoms with Gasteiger partial charge in [-0.2, -0.15) is 0 Å². The third-order valence-electron chi connectivity index (χ3n) is 4.75. The molecule has 0 bridgehead atoms. The van der Waals surface area contributed by atoms with Gasteiger partial charge in [-0.05, 0) is 48.7 Å². The van der Waals surface area contributed by atoms with E-state index in [0.29, 0.717) is 0 Å². The van der Waals surface area contributed by atoms with Crippen molar-refractivity contribution in [2.45, 2.75) is 17.7 Å². The Bertz CT molecular complexity index is 1000. The van der Waals surface area contributed by atoms with Crippen molar-refractivity contribution in [2.75, 3.05) is 32.1 Å². The molecular weight excluding hydrogens is 392 g/mol. The van der Waals surface area contributed by atoms with Gasteiger partial charge in [-0.1, -0.05) is 18.2 Å². The number of aryl methyl sites for hydroxylation is 1. The van der Waals surface area contributed by atoms with E-state index in [1.54, 1.807) is 0 Å². The first kappa shape index (κ1) is 20.8. The summed E-state index contributed by atoms with van der Waals surface area (Å²) in [5.74, 6) is -0.854. The van der Waals surface area contributed by atoms with Crippen LogP contribution in [-0.2, 0) is 21.2 Å². The highest BCUT2D eigenvalue weighted by Crippen LogP contribution is 2.26. The van der Waals surface area contributed by atoms with Crippen molar-refractivity contribution in [2.24, 2.45) is 0 Å². The average Bonchev–Trinajstić information content (AvgIpc) is 2.72. The third-order valence-corrected chi connectivity index (χ3v) is 6.58. The summed E-state index contributed by atoms with van der Waals surface area (Å²) in [6, 6.07) is 13.5. The lowest BCUT2D eigenvalue weighted by atomic mass is 10.0. The second-order valence-corrected chi connectivity index (χ2v) is 9.12. The summed E-state index contributed by atoms with van der Waals surface area (Å²) in [5.41, 5.74) is 7.28. The standard InChI is InChI=1S/C20H24N4O4S/c1-23(2)29(27,28)17-11-9-16(10-12-17)20(26)22-21-19(25)14-24-13-5-7-15-6-3-4-8-18(15)24/h3-4,6,8-12H,5,7,13-14H2,1-2H3,(H,21,25)(H,22,26). The molecule has 2 amide bonds. The molecule has 0 spiro atoms. The number of sulfonamides is 1. The second-order valence-electron chi connectivity index (χ2n) is 6.97. The van der Waals surface area contributed by atoms with E-state index < -0.39 is 15.9 Å². The molecule has 2 N–H and O–H groups in total. The number of para-hydroxylation sites is 1. The maximum absolute atomic E-state index is 12.3. The molecule has 0 saturated carbocycles. The van der Waals surface area contributed by atoms with Gasteiger partial charge < -0.3 is 4.90 Å². The summed E-state index contributed by atoms with van der Waals surface area (Å²) in [5, 5.41) is 0. The van der Waals surface area contributed by atoms with Crippen LogP contribution in [0, 0.1) is 0 Å². The highest BCUT2D eigenvalue weighted by Gasteiger charge is 2.20. The number of hydrogen-bond donors (Lipinski definition) is 2. The summed E-state index contributed by atoms with van der Waals surface area (Å²) in [7, 11) is -0.686. The Morgan fingerprint density at radius 1 is 1.03 bits per heavy atom. The molecule has 0 saturated heterocycles. The zero-order chi connectivity index (χ0) is 21.0. The number of benzene rings is 2. The van der Waals surface area contributed by atoms with Crippen molar-refractivity contribution in [3.05, 3.63) is 59.7 Å². The van der Waals surface area contributed by atoms with Crippen molar-refractivity contribution in [1.29, 1.82) is 0 Å². The van der Waals surface area contributed by atoms with E-state index in [4.69, 9.17) is 0 Å². The van der Waals surface area contributed by atoms with E-state index in [-0.39, 0.29) is 22.9 Å². The minimum Gasteiger partial charge on any atom is -0.362 e. The lowest BCUT2D eigenvalue weighted by Crippen LogP contribution is -2.47. The minimum atomic E-state index is -3.56. The zero-order valence-corrected chi connectivity index (χ0v) is 17.2. The van der Waals surface area contributed by atoms with Crippen molar-refractivity contribution >= 4 is 27.5 Å². The molecule has 0 aliphatic carbocycles. The number of hydrogen-bond acceptors (Lipinski definition) is 5. The molecule has 3 rings (SSSR count). The first-order valence-electron chi connectivity index (χ1n) is 9.23. The molecule has 8 nitrogen and oxygen atoms in total. The topological polar surface area (TPSA) is 98.8 Å². The Morgan fingerprint density at radius 2 is 1.72 bits per heavy atom. The number of hydrazine groups is 1. The molecule has 0 unspecified atom stereocenters. The Kier molecular flexibility index (Phi) is 6.19. The van der Waals surface area contributed by atoms with Crippen molar-refractivity contribution in [3.8, 4) is 0 Å². The monoisotopic (exact) mass is 416 g/mol. The minimum absolute atomic E-state index is 0.0897. The molecule has 1 aliphatic heterocycles. The zero-order valence-electron chi connectivity index (χ0n) is 16.4. The number of anilines is 1. The van der Waals surface area contributed by atoms with Crippen LogP contribution in [0.5, 0.6) is 0 Å². The fraction of sp³-hybridized carbons (Fsp3) is 0.300. The van der Waals surface area contributed by atoms with Gasteiger partial charge in [0.25, 0.3) is 11.8 Å². The van der Waals surface area contributed by atoms with E-state index in [2.05, 4.69) is 16.9 Å². The van der Waals surface area contributed by atoms with E-state index in [9.17, 15) is 18.0 Å². The van der Waals surface area contributed by atoms with E-state index in [1.807, 2.05) is 23.1 Å². The molecule has 0 aromatic heterocycles. The second kappa shape index (κ2) is 8.62. The van der Waals surface area contributed by atoms with Gasteiger partial charge >= 0.3 is 0 Å². The maximum atomic E-state index is 12.3. The van der Waals surface area contributed by atoms with Crippen molar-refractivity contribution in [1.82, 2.24) is 15.2 Å². The molecule has 1 heterocycles. The maximum Gasteiger partial charge on any atom is 0.269 e. The quantitative estimate of drug-likeness (QED) is 0.713. The van der Waals surface area contributed by atoms with E-state index in [0.717, 1.165) is 29.4 Å². The number of rotatable bonds is 5. The predicted molar refractivity (Wildman–Crippen MR) is 110 cm³/mol. The lowest BCUT2D eigenvalue weighted by Gasteiger charge is -2.30. The molecule has 29 heavy (non-hydrogen) atoms. The fourth-order valence-electron chi connectivity index (χ4n) is 3.18. The summed E-state index contributed by atoms with van der Waals surface area (Å²) >= 11 is 0. The van der Waals surface area contributed by atoms with Crippen molar-refractivity contribution < 1.29 is 18.0 Å². The molecule has 2 aromatic carbocycles. The normalized spacial score (nSPS) is 13.7. The van der Waals surface area contributed by atoms with Crippen LogP contribution in [-0.4, -0.2) is 51.7 Å². The molecule has 1 aliphatic rings. The number of nitrogens with zero attached hydrogens (tertiary/aromatic N) is 2. The Morgan fingerprint density at radius 3 is 2.41 bits per heavy atom. The highest BCUT2D eigenvalue weighted by molar-refractivity contribution is 7.89. The number of carbonyl (C=O) groups is 2. The van der Waals surface area contributed by atoms with Crippen LogP contribution in [0.1, 0.15) is 22.3 Å². The smallest absolute Gasteiger partial charge is 0.269 e. The summed E-state index contributed by atoms with van der Waals surface area (Å²) in [6.45, 7) is 0.914. The molecule has 9 heteroatoms. The first-order chi connectivity index (χ1) is 13.8. The largest absolute Gasteiger partial charge is 0.362 e.